The van der Waals surface area contributed by atoms with Crippen LogP contribution in [0.3, 0.4) is 0 Å². The molecule has 2 rings (SSSR count). The molecule has 1 aromatic rings. The molecule has 0 radical (unpaired) electrons. The maximum atomic E-state index is 12.2. The van der Waals surface area contributed by atoms with Crippen molar-refractivity contribution in [2.24, 2.45) is 0 Å². The first-order chi connectivity index (χ1) is 7.60. The Bertz CT molecular complexity index is 488. The Morgan fingerprint density at radius 2 is 1.88 bits per heavy atom. The summed E-state index contributed by atoms with van der Waals surface area (Å²) in [4.78, 5) is 0. The van der Waals surface area contributed by atoms with E-state index >= 15 is 0 Å². The Morgan fingerprint density at radius 1 is 1.19 bits per heavy atom. The molecule has 1 aromatic carbocycles. The first-order valence-electron chi connectivity index (χ1n) is 5.29. The van der Waals surface area contributed by atoms with Gasteiger partial charge < -0.3 is 0 Å². The summed E-state index contributed by atoms with van der Waals surface area (Å²) in [5, 5.41) is 9.46. The SMILES string of the molecule is O=[Se](=O)(C1=CC(O)CCC1)c1ccccc1. The van der Waals surface area contributed by atoms with Crippen LogP contribution in [-0.4, -0.2) is 23.9 Å². The number of allylic oxidation sites excluding steroid dienone is 1. The summed E-state index contributed by atoms with van der Waals surface area (Å²) in [6.45, 7) is 0. The van der Waals surface area contributed by atoms with Crippen LogP contribution in [0.15, 0.2) is 40.9 Å². The van der Waals surface area contributed by atoms with Crippen LogP contribution in [0.4, 0.5) is 0 Å². The van der Waals surface area contributed by atoms with E-state index in [0.29, 0.717) is 21.8 Å². The molecule has 0 saturated heterocycles. The zero-order chi connectivity index (χ0) is 11.6. The monoisotopic (exact) mass is 286 g/mol. The van der Waals surface area contributed by atoms with Gasteiger partial charge >= 0.3 is 96.2 Å². The molecule has 0 fully saturated rings. The van der Waals surface area contributed by atoms with Crippen molar-refractivity contribution in [3.63, 3.8) is 0 Å². The zero-order valence-corrected chi connectivity index (χ0v) is 10.5. The van der Waals surface area contributed by atoms with Crippen molar-refractivity contribution in [1.29, 1.82) is 0 Å². The molecule has 86 valence electrons. The van der Waals surface area contributed by atoms with Crippen molar-refractivity contribution in [3.8, 4) is 0 Å². The second kappa shape index (κ2) is 4.50. The van der Waals surface area contributed by atoms with E-state index in [4.69, 9.17) is 0 Å². The predicted molar refractivity (Wildman–Crippen MR) is 61.1 cm³/mol. The molecular weight excluding hydrogens is 271 g/mol. The molecule has 3 nitrogen and oxygen atoms in total. The Kier molecular flexibility index (Phi) is 3.24. The second-order valence-electron chi connectivity index (χ2n) is 3.91. The predicted octanol–water partition coefficient (Wildman–Crippen LogP) is 1.21. The third-order valence-electron chi connectivity index (χ3n) is 2.70. The molecule has 0 bridgehead atoms. The van der Waals surface area contributed by atoms with Crippen LogP contribution in [0.25, 0.3) is 0 Å². The zero-order valence-electron chi connectivity index (χ0n) is 8.83. The van der Waals surface area contributed by atoms with Crippen LogP contribution in [0.2, 0.25) is 0 Å². The normalized spacial score (nSPS) is 21.6. The standard InChI is InChI=1S/C12H14O3Se/c13-10-5-4-8-12(9-10)16(14,15)11-6-2-1-3-7-11/h1-3,6-7,9-10,13H,4-5,8H2. The van der Waals surface area contributed by atoms with Gasteiger partial charge in [-0.2, -0.15) is 0 Å². The summed E-state index contributed by atoms with van der Waals surface area (Å²) in [5.41, 5.74) is 0. The van der Waals surface area contributed by atoms with E-state index in [-0.39, 0.29) is 0 Å². The van der Waals surface area contributed by atoms with E-state index < -0.39 is 18.8 Å². The molecule has 1 atom stereocenters. The third kappa shape index (κ3) is 2.24. The minimum atomic E-state index is -4.21. The molecule has 0 aromatic heterocycles. The fraction of sp³-hybridized carbons (Fsp3) is 0.333. The molecule has 1 N–H and O–H groups in total. The molecule has 0 saturated carbocycles. The van der Waals surface area contributed by atoms with E-state index in [9.17, 15) is 12.8 Å². The molecule has 4 heteroatoms. The van der Waals surface area contributed by atoms with Crippen LogP contribution in [0.1, 0.15) is 19.3 Å². The minimum absolute atomic E-state index is 0.374. The first kappa shape index (κ1) is 11.5. The summed E-state index contributed by atoms with van der Waals surface area (Å²) in [6.07, 6.45) is 2.84. The van der Waals surface area contributed by atoms with Gasteiger partial charge in [0.2, 0.25) is 0 Å². The topological polar surface area (TPSA) is 54.4 Å². The Morgan fingerprint density at radius 3 is 2.50 bits per heavy atom. The second-order valence-corrected chi connectivity index (χ2v) is 8.11. The van der Waals surface area contributed by atoms with Crippen LogP contribution >= 0.6 is 0 Å². The van der Waals surface area contributed by atoms with Gasteiger partial charge in [0, 0.05) is 0 Å². The molecule has 16 heavy (non-hydrogen) atoms. The molecule has 0 amide bonds. The summed E-state index contributed by atoms with van der Waals surface area (Å²) in [7, 11) is 0. The van der Waals surface area contributed by atoms with E-state index in [1.807, 2.05) is 0 Å². The van der Waals surface area contributed by atoms with Crippen molar-refractivity contribution >= 4 is 17.2 Å². The molecule has 1 aliphatic carbocycles. The van der Waals surface area contributed by atoms with E-state index in [0.717, 1.165) is 6.42 Å². The average Bonchev–Trinajstić information content (AvgIpc) is 2.30. The number of aliphatic hydroxyl groups is 1. The van der Waals surface area contributed by atoms with Crippen molar-refractivity contribution in [3.05, 3.63) is 40.9 Å². The van der Waals surface area contributed by atoms with Crippen molar-refractivity contribution in [1.82, 2.24) is 0 Å². The molecule has 1 aliphatic rings. The Labute approximate surface area is 96.4 Å². The first-order valence-corrected chi connectivity index (χ1v) is 8.41. The summed E-state index contributed by atoms with van der Waals surface area (Å²) < 4.78 is 25.2. The summed E-state index contributed by atoms with van der Waals surface area (Å²) >= 11 is -4.21. The van der Waals surface area contributed by atoms with Gasteiger partial charge in [-0.25, -0.2) is 0 Å². The molecule has 1 unspecified atom stereocenters. The van der Waals surface area contributed by atoms with E-state index in [1.54, 1.807) is 30.3 Å². The van der Waals surface area contributed by atoms with E-state index in [1.165, 1.54) is 6.08 Å². The van der Waals surface area contributed by atoms with Crippen molar-refractivity contribution < 1.29 is 12.8 Å². The summed E-state index contributed by atoms with van der Waals surface area (Å²) in [5.74, 6) is 0. The van der Waals surface area contributed by atoms with Crippen molar-refractivity contribution in [2.45, 2.75) is 25.4 Å². The molecular formula is C12H14O3Se. The van der Waals surface area contributed by atoms with Gasteiger partial charge in [-0.3, -0.25) is 0 Å². The molecule has 0 spiro atoms. The van der Waals surface area contributed by atoms with Crippen LogP contribution < -0.4 is 4.46 Å². The number of benzene rings is 1. The van der Waals surface area contributed by atoms with Crippen LogP contribution in [0.5, 0.6) is 0 Å². The third-order valence-corrected chi connectivity index (χ3v) is 6.74. The van der Waals surface area contributed by atoms with Crippen molar-refractivity contribution in [2.75, 3.05) is 0 Å². The average molecular weight is 285 g/mol. The number of rotatable bonds is 2. The van der Waals surface area contributed by atoms with Crippen LogP contribution in [-0.2, 0) is 7.67 Å². The number of hydrogen-bond acceptors (Lipinski definition) is 3. The Balaban J connectivity index is 2.40. The fourth-order valence-electron chi connectivity index (χ4n) is 1.84. The van der Waals surface area contributed by atoms with E-state index in [2.05, 4.69) is 0 Å². The summed E-state index contributed by atoms with van der Waals surface area (Å²) in [6, 6.07) is 8.46. The molecule has 0 aliphatic heterocycles. The van der Waals surface area contributed by atoms with Gasteiger partial charge in [0.25, 0.3) is 0 Å². The van der Waals surface area contributed by atoms with Gasteiger partial charge in [-0.15, -0.1) is 0 Å². The van der Waals surface area contributed by atoms with Gasteiger partial charge in [-0.05, 0) is 0 Å². The Hall–Kier alpha value is -0.961. The van der Waals surface area contributed by atoms with Gasteiger partial charge in [0.1, 0.15) is 0 Å². The fourth-order valence-corrected chi connectivity index (χ4v) is 5.13. The number of aliphatic hydroxyl groups excluding tert-OH is 1. The quantitative estimate of drug-likeness (QED) is 0.831. The van der Waals surface area contributed by atoms with Crippen LogP contribution in [0, 0.1) is 0 Å². The molecule has 0 heterocycles. The number of hydrogen-bond donors (Lipinski definition) is 1. The maximum absolute atomic E-state index is 12.2. The van der Waals surface area contributed by atoms with Gasteiger partial charge in [0.15, 0.2) is 0 Å². The van der Waals surface area contributed by atoms with Gasteiger partial charge in [-0.1, -0.05) is 0 Å². The van der Waals surface area contributed by atoms with Gasteiger partial charge in [0.05, 0.1) is 0 Å².